The van der Waals surface area contributed by atoms with Crippen molar-refractivity contribution in [1.82, 2.24) is 4.31 Å². The highest BCUT2D eigenvalue weighted by Gasteiger charge is 2.29. The van der Waals surface area contributed by atoms with Crippen molar-refractivity contribution in [2.24, 2.45) is 5.73 Å². The van der Waals surface area contributed by atoms with Gasteiger partial charge in [0.05, 0.1) is 4.90 Å². The second-order valence-corrected chi connectivity index (χ2v) is 8.90. The van der Waals surface area contributed by atoms with Gasteiger partial charge in [-0.05, 0) is 44.4 Å². The largest absolute Gasteiger partial charge is 0.328 e. The summed E-state index contributed by atoms with van der Waals surface area (Å²) in [6.07, 6.45) is 6.03. The van der Waals surface area contributed by atoms with E-state index in [1.54, 1.807) is 25.2 Å². The fourth-order valence-corrected chi connectivity index (χ4v) is 4.59. The molecule has 2 rings (SSSR count). The lowest BCUT2D eigenvalue weighted by Crippen LogP contribution is -2.38. The summed E-state index contributed by atoms with van der Waals surface area (Å²) in [5, 5.41) is 2.75. The molecule has 1 fully saturated rings. The van der Waals surface area contributed by atoms with Crippen molar-refractivity contribution in [3.63, 3.8) is 0 Å². The fourth-order valence-electron chi connectivity index (χ4n) is 3.12. The van der Waals surface area contributed by atoms with Gasteiger partial charge in [-0.15, -0.1) is 0 Å². The molecule has 1 aromatic rings. The highest BCUT2D eigenvalue weighted by molar-refractivity contribution is 7.89. The fraction of sp³-hybridized carbons (Fsp3) is 0.611. The second kappa shape index (κ2) is 8.78. The van der Waals surface area contributed by atoms with Crippen molar-refractivity contribution in [3.05, 3.63) is 24.3 Å². The van der Waals surface area contributed by atoms with Gasteiger partial charge in [0.15, 0.2) is 0 Å². The zero-order valence-electron chi connectivity index (χ0n) is 15.1. The van der Waals surface area contributed by atoms with Gasteiger partial charge >= 0.3 is 0 Å². The van der Waals surface area contributed by atoms with Gasteiger partial charge in [-0.3, -0.25) is 4.79 Å². The number of hydrogen-bond donors (Lipinski definition) is 2. The van der Waals surface area contributed by atoms with Crippen molar-refractivity contribution in [1.29, 1.82) is 0 Å². The first-order valence-corrected chi connectivity index (χ1v) is 10.4. The molecule has 0 saturated heterocycles. The lowest BCUT2D eigenvalue weighted by molar-refractivity contribution is -0.116. The Morgan fingerprint density at radius 1 is 1.32 bits per heavy atom. The number of nitrogens with two attached hydrogens (primary N) is 1. The molecule has 0 aromatic heterocycles. The molecule has 7 heteroatoms. The van der Waals surface area contributed by atoms with E-state index < -0.39 is 10.0 Å². The Morgan fingerprint density at radius 2 is 2.00 bits per heavy atom. The van der Waals surface area contributed by atoms with Crippen LogP contribution in [0.1, 0.15) is 51.9 Å². The van der Waals surface area contributed by atoms with E-state index in [1.807, 2.05) is 6.92 Å². The van der Waals surface area contributed by atoms with Crippen LogP contribution in [0.5, 0.6) is 0 Å². The molecule has 0 aliphatic heterocycles. The van der Waals surface area contributed by atoms with Crippen molar-refractivity contribution in [2.75, 3.05) is 12.4 Å². The standard InChI is InChI=1S/C18H29N3O3S/c1-14(19)11-12-18(22)20-15-7-6-10-17(13-15)25(23,24)21(2)16-8-4-3-5-9-16/h6-7,10,13-14,16H,3-5,8-9,11-12,19H2,1-2H3,(H,20,22). The monoisotopic (exact) mass is 367 g/mol. The number of benzene rings is 1. The minimum atomic E-state index is -3.56. The Morgan fingerprint density at radius 3 is 2.64 bits per heavy atom. The number of sulfonamides is 1. The van der Waals surface area contributed by atoms with Crippen LogP contribution < -0.4 is 11.1 Å². The predicted octanol–water partition coefficient (Wildman–Crippen LogP) is 2.71. The summed E-state index contributed by atoms with van der Waals surface area (Å²) in [5.74, 6) is -0.160. The topological polar surface area (TPSA) is 92.5 Å². The van der Waals surface area contributed by atoms with E-state index in [0.717, 1.165) is 25.7 Å². The SMILES string of the molecule is CC(N)CCC(=O)Nc1cccc(S(=O)(=O)N(C)C2CCCCC2)c1. The Labute approximate surface area is 150 Å². The number of hydrogen-bond acceptors (Lipinski definition) is 4. The van der Waals surface area contributed by atoms with Gasteiger partial charge in [-0.1, -0.05) is 25.3 Å². The zero-order valence-corrected chi connectivity index (χ0v) is 15.9. The van der Waals surface area contributed by atoms with E-state index in [4.69, 9.17) is 5.73 Å². The first-order chi connectivity index (χ1) is 11.8. The molecular formula is C18H29N3O3S. The van der Waals surface area contributed by atoms with Crippen LogP contribution in [0.3, 0.4) is 0 Å². The zero-order chi connectivity index (χ0) is 18.4. The summed E-state index contributed by atoms with van der Waals surface area (Å²) >= 11 is 0. The summed E-state index contributed by atoms with van der Waals surface area (Å²) in [6.45, 7) is 1.85. The molecule has 1 amide bonds. The van der Waals surface area contributed by atoms with Crippen LogP contribution in [-0.2, 0) is 14.8 Å². The van der Waals surface area contributed by atoms with E-state index in [9.17, 15) is 13.2 Å². The molecular weight excluding hydrogens is 338 g/mol. The molecule has 3 N–H and O–H groups in total. The molecule has 140 valence electrons. The third kappa shape index (κ3) is 5.52. The van der Waals surface area contributed by atoms with Crippen molar-refractivity contribution in [3.8, 4) is 0 Å². The molecule has 1 atom stereocenters. The number of nitrogens with one attached hydrogen (secondary N) is 1. The summed E-state index contributed by atoms with van der Waals surface area (Å²) in [4.78, 5) is 12.1. The smallest absolute Gasteiger partial charge is 0.243 e. The van der Waals surface area contributed by atoms with Crippen molar-refractivity contribution < 1.29 is 13.2 Å². The quantitative estimate of drug-likeness (QED) is 0.775. The molecule has 25 heavy (non-hydrogen) atoms. The third-order valence-electron chi connectivity index (χ3n) is 4.71. The van der Waals surface area contributed by atoms with E-state index in [0.29, 0.717) is 18.5 Å². The highest BCUT2D eigenvalue weighted by atomic mass is 32.2. The minimum Gasteiger partial charge on any atom is -0.328 e. The Balaban J connectivity index is 2.09. The van der Waals surface area contributed by atoms with Gasteiger partial charge in [0, 0.05) is 31.2 Å². The van der Waals surface area contributed by atoms with Crippen LogP contribution in [-0.4, -0.2) is 37.8 Å². The van der Waals surface area contributed by atoms with Gasteiger partial charge < -0.3 is 11.1 Å². The van der Waals surface area contributed by atoms with Crippen molar-refractivity contribution >= 4 is 21.6 Å². The molecule has 0 spiro atoms. The van der Waals surface area contributed by atoms with Crippen LogP contribution in [0, 0.1) is 0 Å². The van der Waals surface area contributed by atoms with Gasteiger partial charge in [-0.25, -0.2) is 8.42 Å². The van der Waals surface area contributed by atoms with Crippen LogP contribution in [0.25, 0.3) is 0 Å². The molecule has 0 bridgehead atoms. The summed E-state index contributed by atoms with van der Waals surface area (Å²) in [7, 11) is -1.91. The normalized spacial score (nSPS) is 17.4. The van der Waals surface area contributed by atoms with Gasteiger partial charge in [0.25, 0.3) is 0 Å². The van der Waals surface area contributed by atoms with E-state index in [-0.39, 0.29) is 22.9 Å². The van der Waals surface area contributed by atoms with E-state index in [1.165, 1.54) is 16.8 Å². The first-order valence-electron chi connectivity index (χ1n) is 8.94. The number of carbonyl (C=O) groups is 1. The minimum absolute atomic E-state index is 0.0402. The lowest BCUT2D eigenvalue weighted by atomic mass is 9.96. The Bertz CT molecular complexity index is 683. The average molecular weight is 368 g/mol. The number of carbonyl (C=O) groups excluding carboxylic acids is 1. The predicted molar refractivity (Wildman–Crippen MR) is 99.8 cm³/mol. The third-order valence-corrected chi connectivity index (χ3v) is 6.62. The maximum absolute atomic E-state index is 12.9. The molecule has 1 aliphatic carbocycles. The van der Waals surface area contributed by atoms with E-state index >= 15 is 0 Å². The molecule has 6 nitrogen and oxygen atoms in total. The Kier molecular flexibility index (Phi) is 6.98. The van der Waals surface area contributed by atoms with Crippen LogP contribution >= 0.6 is 0 Å². The molecule has 1 aromatic carbocycles. The molecule has 1 saturated carbocycles. The average Bonchev–Trinajstić information content (AvgIpc) is 2.60. The van der Waals surface area contributed by atoms with E-state index in [2.05, 4.69) is 5.32 Å². The molecule has 0 radical (unpaired) electrons. The summed E-state index contributed by atoms with van der Waals surface area (Å²) < 4.78 is 27.3. The maximum Gasteiger partial charge on any atom is 0.243 e. The summed E-state index contributed by atoms with van der Waals surface area (Å²) in [5.41, 5.74) is 6.15. The van der Waals surface area contributed by atoms with Gasteiger partial charge in [0.1, 0.15) is 0 Å². The van der Waals surface area contributed by atoms with Crippen LogP contribution in [0.15, 0.2) is 29.2 Å². The maximum atomic E-state index is 12.9. The number of nitrogens with zero attached hydrogens (tertiary/aromatic N) is 1. The molecule has 0 heterocycles. The van der Waals surface area contributed by atoms with Crippen LogP contribution in [0.2, 0.25) is 0 Å². The van der Waals surface area contributed by atoms with Crippen molar-refractivity contribution in [2.45, 2.75) is 68.8 Å². The second-order valence-electron chi connectivity index (χ2n) is 6.91. The van der Waals surface area contributed by atoms with Gasteiger partial charge in [0.2, 0.25) is 15.9 Å². The van der Waals surface area contributed by atoms with Gasteiger partial charge in [-0.2, -0.15) is 4.31 Å². The number of anilines is 1. The highest BCUT2D eigenvalue weighted by Crippen LogP contribution is 2.27. The number of rotatable bonds is 7. The van der Waals surface area contributed by atoms with Crippen LogP contribution in [0.4, 0.5) is 5.69 Å². The molecule has 1 aliphatic rings. The Hall–Kier alpha value is -1.44. The first kappa shape index (κ1) is 19.9. The number of amides is 1. The summed E-state index contributed by atoms with van der Waals surface area (Å²) in [6, 6.07) is 6.47. The lowest BCUT2D eigenvalue weighted by Gasteiger charge is -2.30. The molecule has 1 unspecified atom stereocenters.